The molecular formula is C23H28N4O2S2. The molecule has 1 N–H and O–H groups in total. The fraction of sp³-hybridized carbons (Fsp3) is 0.478. The largest absolute Gasteiger partial charge is 0.367 e. The number of thiocarbonyl (C=S) groups is 1. The summed E-state index contributed by atoms with van der Waals surface area (Å²) in [5.41, 5.74) is 0.821. The van der Waals surface area contributed by atoms with Crippen LogP contribution in [-0.4, -0.2) is 37.1 Å². The van der Waals surface area contributed by atoms with Crippen LogP contribution in [0.2, 0.25) is 0 Å². The van der Waals surface area contributed by atoms with Gasteiger partial charge in [-0.2, -0.15) is 0 Å². The van der Waals surface area contributed by atoms with Crippen molar-refractivity contribution < 1.29 is 4.79 Å². The third-order valence-corrected chi connectivity index (χ3v) is 7.39. The van der Waals surface area contributed by atoms with Gasteiger partial charge in [-0.3, -0.25) is 18.9 Å². The molecule has 31 heavy (non-hydrogen) atoms. The van der Waals surface area contributed by atoms with Crippen LogP contribution in [0.15, 0.2) is 34.1 Å². The van der Waals surface area contributed by atoms with Crippen molar-refractivity contribution in [1.29, 1.82) is 0 Å². The summed E-state index contributed by atoms with van der Waals surface area (Å²) in [6.07, 6.45) is 9.69. The van der Waals surface area contributed by atoms with Gasteiger partial charge in [-0.15, -0.1) is 0 Å². The molecule has 2 fully saturated rings. The Bertz CT molecular complexity index is 1090. The summed E-state index contributed by atoms with van der Waals surface area (Å²) >= 11 is 6.68. The number of carbonyl (C=O) groups is 1. The minimum atomic E-state index is -0.184. The standard InChI is InChI=1S/C23H28N4O2S2/c1-3-4-12-27-22(29)18(31-23(27)30)14-17-20(24-16-10-8-15(2)9-11-16)25-19-7-5-6-13-26(19)21(17)28/h5-7,13-16,24H,3-4,8-12H2,1-2H3. The number of unbranched alkanes of at least 4 members (excludes halogenated alkanes) is 1. The molecule has 164 valence electrons. The van der Waals surface area contributed by atoms with E-state index >= 15 is 0 Å². The van der Waals surface area contributed by atoms with Crippen molar-refractivity contribution >= 4 is 51.7 Å². The maximum Gasteiger partial charge on any atom is 0.267 e. The van der Waals surface area contributed by atoms with Crippen molar-refractivity contribution in [3.05, 3.63) is 45.2 Å². The zero-order chi connectivity index (χ0) is 22.0. The van der Waals surface area contributed by atoms with E-state index in [0.717, 1.165) is 44.4 Å². The molecule has 8 heteroatoms. The molecular weight excluding hydrogens is 428 g/mol. The third-order valence-electron chi connectivity index (χ3n) is 6.01. The van der Waals surface area contributed by atoms with Gasteiger partial charge in [0.05, 0.1) is 10.5 Å². The first kappa shape index (κ1) is 22.0. The topological polar surface area (TPSA) is 66.7 Å². The summed E-state index contributed by atoms with van der Waals surface area (Å²) in [6.45, 7) is 4.97. The van der Waals surface area contributed by atoms with E-state index < -0.39 is 0 Å². The lowest BCUT2D eigenvalue weighted by molar-refractivity contribution is -0.122. The Labute approximate surface area is 192 Å². The highest BCUT2D eigenvalue weighted by atomic mass is 32.2. The first-order valence-electron chi connectivity index (χ1n) is 11.0. The SMILES string of the molecule is CCCCN1C(=O)C(=Cc2c(NC3CCC(C)CC3)nc3ccccn3c2=O)SC1=S. The Morgan fingerprint density at radius 3 is 2.77 bits per heavy atom. The van der Waals surface area contributed by atoms with Gasteiger partial charge in [0.1, 0.15) is 15.8 Å². The predicted molar refractivity (Wildman–Crippen MR) is 131 cm³/mol. The summed E-state index contributed by atoms with van der Waals surface area (Å²) < 4.78 is 2.08. The van der Waals surface area contributed by atoms with Gasteiger partial charge in [-0.05, 0) is 56.2 Å². The van der Waals surface area contributed by atoms with Crippen LogP contribution in [0, 0.1) is 5.92 Å². The fourth-order valence-electron chi connectivity index (χ4n) is 4.08. The van der Waals surface area contributed by atoms with Crippen molar-refractivity contribution in [2.24, 2.45) is 5.92 Å². The molecule has 0 aromatic carbocycles. The van der Waals surface area contributed by atoms with Crippen LogP contribution in [0.1, 0.15) is 57.9 Å². The second-order valence-electron chi connectivity index (χ2n) is 8.40. The monoisotopic (exact) mass is 456 g/mol. The molecule has 0 radical (unpaired) electrons. The van der Waals surface area contributed by atoms with Crippen molar-refractivity contribution in [1.82, 2.24) is 14.3 Å². The summed E-state index contributed by atoms with van der Waals surface area (Å²) in [5.74, 6) is 1.16. The third kappa shape index (κ3) is 4.70. The Morgan fingerprint density at radius 1 is 1.26 bits per heavy atom. The van der Waals surface area contributed by atoms with E-state index in [1.165, 1.54) is 16.2 Å². The predicted octanol–water partition coefficient (Wildman–Crippen LogP) is 4.69. The lowest BCUT2D eigenvalue weighted by atomic mass is 9.87. The second kappa shape index (κ2) is 9.53. The summed E-state index contributed by atoms with van der Waals surface area (Å²) in [6, 6.07) is 5.77. The molecule has 0 unspecified atom stereocenters. The first-order chi connectivity index (χ1) is 15.0. The zero-order valence-electron chi connectivity index (χ0n) is 18.0. The lowest BCUT2D eigenvalue weighted by Gasteiger charge is -2.27. The molecule has 1 saturated carbocycles. The van der Waals surface area contributed by atoms with Crippen LogP contribution in [0.5, 0.6) is 0 Å². The van der Waals surface area contributed by atoms with E-state index in [-0.39, 0.29) is 17.5 Å². The quantitative estimate of drug-likeness (QED) is 0.503. The highest BCUT2D eigenvalue weighted by Crippen LogP contribution is 2.34. The van der Waals surface area contributed by atoms with Crippen LogP contribution in [0.25, 0.3) is 11.7 Å². The Hall–Kier alpha value is -2.19. The number of nitrogens with one attached hydrogen (secondary N) is 1. The molecule has 6 nitrogen and oxygen atoms in total. The number of thioether (sulfide) groups is 1. The van der Waals surface area contributed by atoms with E-state index in [1.807, 2.05) is 12.1 Å². The van der Waals surface area contributed by atoms with E-state index in [2.05, 4.69) is 19.2 Å². The first-order valence-corrected chi connectivity index (χ1v) is 12.2. The molecule has 2 aliphatic rings. The number of carbonyl (C=O) groups excluding carboxylic acids is 1. The number of hydrogen-bond donors (Lipinski definition) is 1. The number of aromatic nitrogens is 2. The van der Waals surface area contributed by atoms with Crippen molar-refractivity contribution in [2.75, 3.05) is 11.9 Å². The Balaban J connectivity index is 1.73. The average Bonchev–Trinajstić information content (AvgIpc) is 3.03. The zero-order valence-corrected chi connectivity index (χ0v) is 19.6. The number of anilines is 1. The van der Waals surface area contributed by atoms with E-state index in [1.54, 1.807) is 23.2 Å². The smallest absolute Gasteiger partial charge is 0.267 e. The number of pyridine rings is 1. The summed E-state index contributed by atoms with van der Waals surface area (Å²) in [7, 11) is 0. The van der Waals surface area contributed by atoms with E-state index in [0.29, 0.717) is 32.8 Å². The molecule has 0 atom stereocenters. The van der Waals surface area contributed by atoms with Gasteiger partial charge < -0.3 is 5.32 Å². The Morgan fingerprint density at radius 2 is 2.03 bits per heavy atom. The summed E-state index contributed by atoms with van der Waals surface area (Å²) in [4.78, 5) is 33.1. The number of amides is 1. The van der Waals surface area contributed by atoms with Gasteiger partial charge in [0.2, 0.25) is 0 Å². The van der Waals surface area contributed by atoms with Gasteiger partial charge in [-0.1, -0.05) is 50.3 Å². The maximum absolute atomic E-state index is 13.3. The molecule has 1 aliphatic carbocycles. The van der Waals surface area contributed by atoms with E-state index in [4.69, 9.17) is 17.2 Å². The number of fused-ring (bicyclic) bond motifs is 1. The van der Waals surface area contributed by atoms with Crippen LogP contribution in [0.4, 0.5) is 5.82 Å². The molecule has 0 bridgehead atoms. The molecule has 1 saturated heterocycles. The van der Waals surface area contributed by atoms with Gasteiger partial charge in [0.15, 0.2) is 0 Å². The average molecular weight is 457 g/mol. The number of nitrogens with zero attached hydrogens (tertiary/aromatic N) is 3. The Kier molecular flexibility index (Phi) is 6.77. The normalized spacial score (nSPS) is 23.2. The number of hydrogen-bond acceptors (Lipinski definition) is 6. The molecule has 1 aliphatic heterocycles. The van der Waals surface area contributed by atoms with Gasteiger partial charge in [0, 0.05) is 18.8 Å². The van der Waals surface area contributed by atoms with Crippen LogP contribution in [0.3, 0.4) is 0 Å². The second-order valence-corrected chi connectivity index (χ2v) is 10.1. The lowest BCUT2D eigenvalue weighted by Crippen LogP contribution is -2.29. The van der Waals surface area contributed by atoms with Crippen molar-refractivity contribution in [2.45, 2.75) is 58.4 Å². The number of rotatable bonds is 6. The minimum absolute atomic E-state index is 0.126. The molecule has 2 aromatic heterocycles. The highest BCUT2D eigenvalue weighted by Gasteiger charge is 2.32. The molecule has 2 aromatic rings. The van der Waals surface area contributed by atoms with Crippen molar-refractivity contribution in [3.8, 4) is 0 Å². The van der Waals surface area contributed by atoms with Crippen molar-refractivity contribution in [3.63, 3.8) is 0 Å². The van der Waals surface area contributed by atoms with Crippen LogP contribution < -0.4 is 10.9 Å². The van der Waals surface area contributed by atoms with Crippen LogP contribution >= 0.6 is 24.0 Å². The van der Waals surface area contributed by atoms with Gasteiger partial charge in [-0.25, -0.2) is 4.98 Å². The molecule has 0 spiro atoms. The highest BCUT2D eigenvalue weighted by molar-refractivity contribution is 8.26. The maximum atomic E-state index is 13.3. The van der Waals surface area contributed by atoms with E-state index in [9.17, 15) is 9.59 Å². The molecule has 1 amide bonds. The molecule has 4 rings (SSSR count). The molecule has 3 heterocycles. The summed E-state index contributed by atoms with van der Waals surface area (Å²) in [5, 5.41) is 3.51. The van der Waals surface area contributed by atoms with Gasteiger partial charge >= 0.3 is 0 Å². The minimum Gasteiger partial charge on any atom is -0.367 e. The fourth-order valence-corrected chi connectivity index (χ4v) is 5.37. The van der Waals surface area contributed by atoms with Crippen LogP contribution in [-0.2, 0) is 4.79 Å². The van der Waals surface area contributed by atoms with Gasteiger partial charge in [0.25, 0.3) is 11.5 Å².